The molecule has 0 saturated carbocycles. The van der Waals surface area contributed by atoms with Crippen LogP contribution in [0.4, 0.5) is 0 Å². The van der Waals surface area contributed by atoms with Crippen molar-refractivity contribution in [1.29, 1.82) is 0 Å². The minimum atomic E-state index is -1.48. The number of hydrogen-bond acceptors (Lipinski definition) is 3. The van der Waals surface area contributed by atoms with Gasteiger partial charge in [0.1, 0.15) is 0 Å². The molecule has 0 fully saturated rings. The summed E-state index contributed by atoms with van der Waals surface area (Å²) in [6, 6.07) is 5.47. The molecule has 17 heavy (non-hydrogen) atoms. The van der Waals surface area contributed by atoms with Crippen molar-refractivity contribution >= 4 is 11.8 Å². The summed E-state index contributed by atoms with van der Waals surface area (Å²) < 4.78 is 0. The normalized spacial score (nSPS) is 14.1. The van der Waals surface area contributed by atoms with E-state index >= 15 is 0 Å². The maximum atomic E-state index is 11.6. The van der Waals surface area contributed by atoms with Crippen LogP contribution in [-0.2, 0) is 4.79 Å². The van der Waals surface area contributed by atoms with E-state index in [-0.39, 0.29) is 0 Å². The first kappa shape index (κ1) is 13.4. The number of hydrogen-bond donors (Lipinski definition) is 2. The first-order chi connectivity index (χ1) is 7.97. The number of carboxylic acid groups (broad SMARTS) is 1. The number of carbonyl (C=O) groups excluding carboxylic acids is 1. The van der Waals surface area contributed by atoms with Crippen LogP contribution in [0.3, 0.4) is 0 Å². The summed E-state index contributed by atoms with van der Waals surface area (Å²) >= 11 is 0. The summed E-state index contributed by atoms with van der Waals surface area (Å²) in [5.41, 5.74) is 6.74. The van der Waals surface area contributed by atoms with Crippen molar-refractivity contribution in [3.63, 3.8) is 0 Å². The zero-order valence-corrected chi connectivity index (χ0v) is 10.0. The molecule has 0 radical (unpaired) electrons. The van der Waals surface area contributed by atoms with Gasteiger partial charge in [-0.15, -0.1) is 0 Å². The molecule has 1 rings (SSSR count). The van der Waals surface area contributed by atoms with E-state index in [9.17, 15) is 9.59 Å². The molecule has 0 aromatic heterocycles. The van der Waals surface area contributed by atoms with Gasteiger partial charge in [-0.05, 0) is 17.9 Å². The van der Waals surface area contributed by atoms with Crippen molar-refractivity contribution in [3.8, 4) is 0 Å². The summed E-state index contributed by atoms with van der Waals surface area (Å²) in [5.74, 6) is -1.44. The fraction of sp³-hybridized carbons (Fsp3) is 0.385. The van der Waals surface area contributed by atoms with Gasteiger partial charge in [-0.2, -0.15) is 0 Å². The SMILES string of the molecule is CCC(C)c1ccc(C(=O)C(N)C(=O)O)cc1. The molecule has 92 valence electrons. The van der Waals surface area contributed by atoms with Crippen LogP contribution in [0.1, 0.15) is 42.1 Å². The number of aliphatic carboxylic acids is 1. The lowest BCUT2D eigenvalue weighted by Gasteiger charge is -2.10. The maximum absolute atomic E-state index is 11.6. The summed E-state index contributed by atoms with van der Waals surface area (Å²) in [6.07, 6.45) is 1.02. The molecule has 0 aliphatic rings. The summed E-state index contributed by atoms with van der Waals surface area (Å²) in [6.45, 7) is 4.18. The van der Waals surface area contributed by atoms with Gasteiger partial charge in [0.25, 0.3) is 0 Å². The molecular formula is C13H17NO3. The predicted molar refractivity (Wildman–Crippen MR) is 65.1 cm³/mol. The Morgan fingerprint density at radius 3 is 2.24 bits per heavy atom. The van der Waals surface area contributed by atoms with Gasteiger partial charge in [0.05, 0.1) is 0 Å². The Morgan fingerprint density at radius 1 is 1.29 bits per heavy atom. The molecule has 0 bridgehead atoms. The van der Waals surface area contributed by atoms with E-state index in [0.717, 1.165) is 12.0 Å². The first-order valence-corrected chi connectivity index (χ1v) is 5.60. The molecule has 2 atom stereocenters. The number of benzene rings is 1. The van der Waals surface area contributed by atoms with E-state index in [1.807, 2.05) is 12.1 Å². The Labute approximate surface area is 100 Å². The van der Waals surface area contributed by atoms with Gasteiger partial charge in [-0.1, -0.05) is 38.1 Å². The van der Waals surface area contributed by atoms with E-state index in [1.165, 1.54) is 0 Å². The van der Waals surface area contributed by atoms with E-state index in [4.69, 9.17) is 10.8 Å². The van der Waals surface area contributed by atoms with Crippen molar-refractivity contribution in [1.82, 2.24) is 0 Å². The number of carboxylic acids is 1. The van der Waals surface area contributed by atoms with Crippen LogP contribution in [-0.4, -0.2) is 22.9 Å². The van der Waals surface area contributed by atoms with Crippen molar-refractivity contribution in [3.05, 3.63) is 35.4 Å². The molecule has 3 N–H and O–H groups in total. The third kappa shape index (κ3) is 3.14. The topological polar surface area (TPSA) is 80.4 Å². The molecule has 0 aliphatic heterocycles. The Bertz CT molecular complexity index is 411. The van der Waals surface area contributed by atoms with Gasteiger partial charge < -0.3 is 10.8 Å². The van der Waals surface area contributed by atoms with Crippen LogP contribution < -0.4 is 5.73 Å². The molecule has 0 amide bonds. The number of ketones is 1. The molecule has 4 nitrogen and oxygen atoms in total. The quantitative estimate of drug-likeness (QED) is 0.602. The zero-order valence-electron chi connectivity index (χ0n) is 10.0. The van der Waals surface area contributed by atoms with Gasteiger partial charge in [-0.25, -0.2) is 0 Å². The molecule has 1 aromatic rings. The van der Waals surface area contributed by atoms with Gasteiger partial charge in [0, 0.05) is 5.56 Å². The highest BCUT2D eigenvalue weighted by Crippen LogP contribution is 2.19. The lowest BCUT2D eigenvalue weighted by molar-refractivity contribution is -0.137. The molecule has 2 unspecified atom stereocenters. The van der Waals surface area contributed by atoms with Crippen LogP contribution in [0.5, 0.6) is 0 Å². The third-order valence-electron chi connectivity index (χ3n) is 2.93. The highest BCUT2D eigenvalue weighted by atomic mass is 16.4. The standard InChI is InChI=1S/C13H17NO3/c1-3-8(2)9-4-6-10(7-5-9)12(15)11(14)13(16)17/h4-8,11H,3,14H2,1-2H3,(H,16,17). The van der Waals surface area contributed by atoms with E-state index in [2.05, 4.69) is 13.8 Å². The Hall–Kier alpha value is -1.68. The van der Waals surface area contributed by atoms with Crippen molar-refractivity contribution in [2.45, 2.75) is 32.2 Å². The Kier molecular flexibility index (Phi) is 4.40. The van der Waals surface area contributed by atoms with Crippen LogP contribution in [0, 0.1) is 0 Å². The average Bonchev–Trinajstić information content (AvgIpc) is 2.36. The van der Waals surface area contributed by atoms with Gasteiger partial charge in [0.2, 0.25) is 0 Å². The largest absolute Gasteiger partial charge is 0.480 e. The highest BCUT2D eigenvalue weighted by molar-refractivity contribution is 6.11. The second kappa shape index (κ2) is 5.59. The van der Waals surface area contributed by atoms with Gasteiger partial charge >= 0.3 is 5.97 Å². The van der Waals surface area contributed by atoms with Crippen molar-refractivity contribution in [2.24, 2.45) is 5.73 Å². The molecule has 0 heterocycles. The summed E-state index contributed by atoms with van der Waals surface area (Å²) in [4.78, 5) is 22.2. The number of Topliss-reactive ketones (excluding diaryl/α,β-unsaturated/α-hetero) is 1. The monoisotopic (exact) mass is 235 g/mol. The molecular weight excluding hydrogens is 218 g/mol. The fourth-order valence-corrected chi connectivity index (χ4v) is 1.50. The van der Waals surface area contributed by atoms with Crippen LogP contribution in [0.25, 0.3) is 0 Å². The van der Waals surface area contributed by atoms with E-state index in [1.54, 1.807) is 12.1 Å². The zero-order chi connectivity index (χ0) is 13.0. The van der Waals surface area contributed by atoms with E-state index < -0.39 is 17.8 Å². The number of nitrogens with two attached hydrogens (primary N) is 1. The smallest absolute Gasteiger partial charge is 0.328 e. The minimum Gasteiger partial charge on any atom is -0.480 e. The number of rotatable bonds is 5. The van der Waals surface area contributed by atoms with E-state index in [0.29, 0.717) is 11.5 Å². The fourth-order valence-electron chi connectivity index (χ4n) is 1.50. The number of carbonyl (C=O) groups is 2. The lowest BCUT2D eigenvalue weighted by Crippen LogP contribution is -2.38. The summed E-state index contributed by atoms with van der Waals surface area (Å²) in [7, 11) is 0. The highest BCUT2D eigenvalue weighted by Gasteiger charge is 2.22. The first-order valence-electron chi connectivity index (χ1n) is 5.60. The molecule has 0 spiro atoms. The third-order valence-corrected chi connectivity index (χ3v) is 2.93. The maximum Gasteiger partial charge on any atom is 0.328 e. The van der Waals surface area contributed by atoms with Crippen LogP contribution >= 0.6 is 0 Å². The molecule has 0 saturated heterocycles. The lowest BCUT2D eigenvalue weighted by atomic mass is 9.96. The predicted octanol–water partition coefficient (Wildman–Crippen LogP) is 1.79. The molecule has 0 aliphatic carbocycles. The molecule has 1 aromatic carbocycles. The second-order valence-electron chi connectivity index (χ2n) is 4.11. The Balaban J connectivity index is 2.88. The Morgan fingerprint density at radius 2 is 1.82 bits per heavy atom. The molecule has 4 heteroatoms. The van der Waals surface area contributed by atoms with Crippen LogP contribution in [0.15, 0.2) is 24.3 Å². The average molecular weight is 235 g/mol. The van der Waals surface area contributed by atoms with Crippen LogP contribution in [0.2, 0.25) is 0 Å². The van der Waals surface area contributed by atoms with Crippen molar-refractivity contribution in [2.75, 3.05) is 0 Å². The second-order valence-corrected chi connectivity index (χ2v) is 4.11. The van der Waals surface area contributed by atoms with Crippen molar-refractivity contribution < 1.29 is 14.7 Å². The van der Waals surface area contributed by atoms with Gasteiger partial charge in [0.15, 0.2) is 11.8 Å². The summed E-state index contributed by atoms with van der Waals surface area (Å²) in [5, 5.41) is 8.65. The minimum absolute atomic E-state index is 0.340. The van der Waals surface area contributed by atoms with Gasteiger partial charge in [-0.3, -0.25) is 9.59 Å².